The van der Waals surface area contributed by atoms with E-state index in [9.17, 15) is 8.78 Å². The number of ether oxygens (including phenoxy) is 2. The number of halogens is 2. The van der Waals surface area contributed by atoms with E-state index in [1.165, 1.54) is 6.07 Å². The Kier molecular flexibility index (Phi) is 1.52. The van der Waals surface area contributed by atoms with Crippen molar-refractivity contribution in [3.8, 4) is 17.6 Å². The van der Waals surface area contributed by atoms with Gasteiger partial charge in [0.1, 0.15) is 0 Å². The molecule has 1 aliphatic rings. The van der Waals surface area contributed by atoms with Crippen LogP contribution < -0.4 is 15.2 Å². The van der Waals surface area contributed by atoms with Crippen molar-refractivity contribution in [1.29, 1.82) is 5.26 Å². The maximum atomic E-state index is 12.6. The number of fused-ring (bicyclic) bond motifs is 1. The number of hydrogen-bond acceptors (Lipinski definition) is 4. The summed E-state index contributed by atoms with van der Waals surface area (Å²) < 4.78 is 33.4. The predicted octanol–water partition coefficient (Wildman–Crippen LogP) is 1.46. The van der Waals surface area contributed by atoms with Crippen molar-refractivity contribution in [3.05, 3.63) is 17.7 Å². The van der Waals surface area contributed by atoms with E-state index in [0.717, 1.165) is 6.07 Å². The molecule has 0 aromatic heterocycles. The Balaban J connectivity index is 2.54. The maximum absolute atomic E-state index is 12.6. The lowest BCUT2D eigenvalue weighted by atomic mass is 10.2. The molecule has 2 rings (SSSR count). The van der Waals surface area contributed by atoms with Crippen LogP contribution in [0.4, 0.5) is 14.5 Å². The lowest BCUT2D eigenvalue weighted by molar-refractivity contribution is -0.286. The normalized spacial score (nSPS) is 16.4. The summed E-state index contributed by atoms with van der Waals surface area (Å²) in [5.41, 5.74) is 5.48. The lowest BCUT2D eigenvalue weighted by Gasteiger charge is -2.04. The minimum Gasteiger partial charge on any atom is -0.396 e. The fourth-order valence-electron chi connectivity index (χ4n) is 1.14. The molecule has 72 valence electrons. The number of nitrogens with two attached hydrogens (primary N) is 1. The van der Waals surface area contributed by atoms with Gasteiger partial charge in [-0.25, -0.2) is 0 Å². The topological polar surface area (TPSA) is 68.3 Å². The third-order valence-electron chi connectivity index (χ3n) is 1.66. The van der Waals surface area contributed by atoms with Gasteiger partial charge in [-0.2, -0.15) is 5.26 Å². The van der Waals surface area contributed by atoms with Crippen molar-refractivity contribution in [2.24, 2.45) is 0 Å². The summed E-state index contributed by atoms with van der Waals surface area (Å²) >= 11 is 0. The first-order valence-electron chi connectivity index (χ1n) is 3.61. The number of anilines is 1. The highest BCUT2D eigenvalue weighted by Crippen LogP contribution is 2.45. The van der Waals surface area contributed by atoms with E-state index in [1.54, 1.807) is 6.07 Å². The van der Waals surface area contributed by atoms with Crippen LogP contribution in [0.5, 0.6) is 11.5 Å². The monoisotopic (exact) mass is 198 g/mol. The quantitative estimate of drug-likeness (QED) is 0.641. The van der Waals surface area contributed by atoms with E-state index >= 15 is 0 Å². The van der Waals surface area contributed by atoms with E-state index in [4.69, 9.17) is 11.0 Å². The highest BCUT2D eigenvalue weighted by atomic mass is 19.3. The number of benzene rings is 1. The zero-order valence-corrected chi connectivity index (χ0v) is 6.75. The van der Waals surface area contributed by atoms with E-state index in [0.29, 0.717) is 0 Å². The van der Waals surface area contributed by atoms with Crippen LogP contribution in [0.15, 0.2) is 12.1 Å². The molecule has 1 aromatic rings. The molecule has 0 saturated heterocycles. The highest BCUT2D eigenvalue weighted by molar-refractivity contribution is 5.65. The molecule has 1 aliphatic heterocycles. The van der Waals surface area contributed by atoms with Crippen molar-refractivity contribution in [1.82, 2.24) is 0 Å². The molecule has 4 nitrogen and oxygen atoms in total. The van der Waals surface area contributed by atoms with Crippen molar-refractivity contribution >= 4 is 5.69 Å². The second-order valence-corrected chi connectivity index (χ2v) is 2.67. The molecule has 6 heteroatoms. The van der Waals surface area contributed by atoms with Crippen molar-refractivity contribution < 1.29 is 18.3 Å². The Morgan fingerprint density at radius 2 is 2.07 bits per heavy atom. The molecule has 0 radical (unpaired) electrons. The first kappa shape index (κ1) is 8.56. The largest absolute Gasteiger partial charge is 0.586 e. The number of alkyl halides is 2. The van der Waals surface area contributed by atoms with Gasteiger partial charge in [0.2, 0.25) is 0 Å². The fraction of sp³-hybridized carbons (Fsp3) is 0.125. The molecule has 2 N–H and O–H groups in total. The summed E-state index contributed by atoms with van der Waals surface area (Å²) in [5.74, 6) is -0.444. The SMILES string of the molecule is N#Cc1cc(N)c2c(c1)OC(F)(F)O2. The van der Waals surface area contributed by atoms with Crippen LogP contribution in [-0.2, 0) is 0 Å². The van der Waals surface area contributed by atoms with Crippen molar-refractivity contribution in [3.63, 3.8) is 0 Å². The molecule has 1 heterocycles. The van der Waals surface area contributed by atoms with Gasteiger partial charge in [-0.1, -0.05) is 0 Å². The Morgan fingerprint density at radius 3 is 2.71 bits per heavy atom. The Morgan fingerprint density at radius 1 is 1.36 bits per heavy atom. The van der Waals surface area contributed by atoms with E-state index < -0.39 is 6.29 Å². The first-order valence-corrected chi connectivity index (χ1v) is 3.61. The van der Waals surface area contributed by atoms with Crippen LogP contribution in [0.3, 0.4) is 0 Å². The maximum Gasteiger partial charge on any atom is 0.586 e. The molecule has 0 bridgehead atoms. The zero-order chi connectivity index (χ0) is 10.3. The van der Waals surface area contributed by atoms with Crippen LogP contribution >= 0.6 is 0 Å². The summed E-state index contributed by atoms with van der Waals surface area (Å²) in [6.45, 7) is 0. The Bertz CT molecular complexity index is 440. The molecular formula is C8H4F2N2O2. The smallest absolute Gasteiger partial charge is 0.396 e. The molecule has 0 amide bonds. The average molecular weight is 198 g/mol. The van der Waals surface area contributed by atoms with Gasteiger partial charge in [-0.15, -0.1) is 8.78 Å². The van der Waals surface area contributed by atoms with Crippen molar-refractivity contribution in [2.45, 2.75) is 6.29 Å². The molecule has 1 aromatic carbocycles. The minimum atomic E-state index is -3.70. The van der Waals surface area contributed by atoms with Gasteiger partial charge in [0.25, 0.3) is 0 Å². The van der Waals surface area contributed by atoms with Gasteiger partial charge in [0.15, 0.2) is 11.5 Å². The Labute approximate surface area is 77.4 Å². The van der Waals surface area contributed by atoms with E-state index in [2.05, 4.69) is 9.47 Å². The number of nitriles is 1. The summed E-state index contributed by atoms with van der Waals surface area (Å²) in [6, 6.07) is 4.15. The summed E-state index contributed by atoms with van der Waals surface area (Å²) in [4.78, 5) is 0. The number of nitrogens with zero attached hydrogens (tertiary/aromatic N) is 1. The molecule has 0 spiro atoms. The van der Waals surface area contributed by atoms with Gasteiger partial charge in [0, 0.05) is 6.07 Å². The number of rotatable bonds is 0. The summed E-state index contributed by atoms with van der Waals surface area (Å²) in [6.07, 6.45) is -3.70. The minimum absolute atomic E-state index is 0.0452. The molecule has 0 saturated carbocycles. The van der Waals surface area contributed by atoms with Crippen LogP contribution in [0.1, 0.15) is 5.56 Å². The Hall–Kier alpha value is -2.03. The van der Waals surface area contributed by atoms with Crippen LogP contribution in [-0.4, -0.2) is 6.29 Å². The standard InChI is InChI=1S/C8H4F2N2O2/c9-8(10)13-6-2-4(3-11)1-5(12)7(6)14-8/h1-2H,12H2. The first-order chi connectivity index (χ1) is 6.52. The van der Waals surface area contributed by atoms with E-state index in [1.807, 2.05) is 0 Å². The zero-order valence-electron chi connectivity index (χ0n) is 6.75. The molecule has 0 unspecified atom stereocenters. The lowest BCUT2D eigenvalue weighted by Crippen LogP contribution is -2.26. The second-order valence-electron chi connectivity index (χ2n) is 2.67. The van der Waals surface area contributed by atoms with Gasteiger partial charge in [0.05, 0.1) is 17.3 Å². The molecular weight excluding hydrogens is 194 g/mol. The van der Waals surface area contributed by atoms with Crippen LogP contribution in [0.2, 0.25) is 0 Å². The molecule has 0 aliphatic carbocycles. The molecule has 14 heavy (non-hydrogen) atoms. The van der Waals surface area contributed by atoms with E-state index in [-0.39, 0.29) is 22.7 Å². The summed E-state index contributed by atoms with van der Waals surface area (Å²) in [7, 11) is 0. The van der Waals surface area contributed by atoms with Crippen LogP contribution in [0, 0.1) is 11.3 Å². The van der Waals surface area contributed by atoms with Crippen LogP contribution in [0.25, 0.3) is 0 Å². The third kappa shape index (κ3) is 1.19. The third-order valence-corrected chi connectivity index (χ3v) is 1.66. The van der Waals surface area contributed by atoms with Gasteiger partial charge < -0.3 is 15.2 Å². The van der Waals surface area contributed by atoms with Gasteiger partial charge >= 0.3 is 6.29 Å². The molecule has 0 fully saturated rings. The predicted molar refractivity (Wildman–Crippen MR) is 41.8 cm³/mol. The summed E-state index contributed by atoms with van der Waals surface area (Å²) in [5, 5.41) is 8.53. The second kappa shape index (κ2) is 2.48. The number of hydrogen-bond donors (Lipinski definition) is 1. The van der Waals surface area contributed by atoms with Crippen molar-refractivity contribution in [2.75, 3.05) is 5.73 Å². The number of nitrogen functional groups attached to an aromatic ring is 1. The average Bonchev–Trinajstić information content (AvgIpc) is 2.40. The van der Waals surface area contributed by atoms with Gasteiger partial charge in [-0.05, 0) is 6.07 Å². The van der Waals surface area contributed by atoms with Gasteiger partial charge in [-0.3, -0.25) is 0 Å². The fourth-order valence-corrected chi connectivity index (χ4v) is 1.14. The highest BCUT2D eigenvalue weighted by Gasteiger charge is 2.44. The molecule has 0 atom stereocenters.